The fraction of sp³-hybridized carbons (Fsp3) is 0.800. The van der Waals surface area contributed by atoms with Crippen molar-refractivity contribution in [2.45, 2.75) is 25.3 Å². The Morgan fingerprint density at radius 3 is 2.50 bits per heavy atom. The monoisotopic (exact) mass is 244 g/mol. The summed E-state index contributed by atoms with van der Waals surface area (Å²) in [6, 6.07) is -0.739. The summed E-state index contributed by atoms with van der Waals surface area (Å²) in [5.74, 6) is 0.122. The number of likely N-dealkylation sites (tertiary alicyclic amines) is 1. The number of aliphatic carboxylic acids is 1. The Bertz CT molecular complexity index is 292. The van der Waals surface area contributed by atoms with Crippen molar-refractivity contribution < 1.29 is 14.7 Å². The number of piperidine rings is 1. The first-order chi connectivity index (χ1) is 7.70. The molecule has 0 bridgehead atoms. The topological polar surface area (TPSA) is 60.9 Å². The second-order valence-electron chi connectivity index (χ2n) is 4.15. The Kier molecular flexibility index (Phi) is 3.58. The summed E-state index contributed by atoms with van der Waals surface area (Å²) in [5.41, 5.74) is 0. The van der Waals surface area contributed by atoms with E-state index >= 15 is 0 Å². The zero-order valence-electron chi connectivity index (χ0n) is 9.09. The fourth-order valence-corrected chi connectivity index (χ4v) is 3.24. The molecule has 2 aliphatic rings. The van der Waals surface area contributed by atoms with Crippen LogP contribution in [0.15, 0.2) is 0 Å². The summed E-state index contributed by atoms with van der Waals surface area (Å²) in [5, 5.41) is 9.01. The molecule has 0 radical (unpaired) electrons. The quantitative estimate of drug-likeness (QED) is 0.749. The molecule has 1 unspecified atom stereocenters. The molecule has 0 aromatic heterocycles. The van der Waals surface area contributed by atoms with Crippen LogP contribution in [-0.4, -0.2) is 57.7 Å². The molecule has 1 atom stereocenters. The Labute approximate surface area is 98.8 Å². The van der Waals surface area contributed by atoms with Gasteiger partial charge < -0.3 is 14.9 Å². The lowest BCUT2D eigenvalue weighted by molar-refractivity contribution is -0.140. The van der Waals surface area contributed by atoms with Gasteiger partial charge in [0.05, 0.1) is 5.88 Å². The molecule has 0 spiro atoms. The minimum atomic E-state index is -0.893. The third-order valence-electron chi connectivity index (χ3n) is 3.04. The van der Waals surface area contributed by atoms with E-state index in [1.54, 1.807) is 4.90 Å². The third kappa shape index (κ3) is 2.26. The molecule has 6 heteroatoms. The Hall–Kier alpha value is -0.910. The van der Waals surface area contributed by atoms with E-state index in [1.165, 1.54) is 23.1 Å². The van der Waals surface area contributed by atoms with Crippen LogP contribution in [-0.2, 0) is 4.79 Å². The number of carbonyl (C=O) groups excluding carboxylic acids is 1. The molecule has 2 heterocycles. The highest BCUT2D eigenvalue weighted by Gasteiger charge is 2.36. The van der Waals surface area contributed by atoms with Crippen molar-refractivity contribution in [3.63, 3.8) is 0 Å². The summed E-state index contributed by atoms with van der Waals surface area (Å²) >= 11 is 1.51. The minimum Gasteiger partial charge on any atom is -0.480 e. The Morgan fingerprint density at radius 2 is 1.88 bits per heavy atom. The van der Waals surface area contributed by atoms with Crippen LogP contribution in [0.2, 0.25) is 0 Å². The molecule has 90 valence electrons. The van der Waals surface area contributed by atoms with Gasteiger partial charge in [-0.1, -0.05) is 0 Å². The molecule has 16 heavy (non-hydrogen) atoms. The smallest absolute Gasteiger partial charge is 0.327 e. The van der Waals surface area contributed by atoms with E-state index in [9.17, 15) is 9.59 Å². The molecule has 5 nitrogen and oxygen atoms in total. The van der Waals surface area contributed by atoms with E-state index in [-0.39, 0.29) is 6.03 Å². The number of hydrogen-bond donors (Lipinski definition) is 1. The largest absolute Gasteiger partial charge is 0.480 e. The van der Waals surface area contributed by atoms with Crippen LogP contribution in [0.25, 0.3) is 0 Å². The second-order valence-corrected chi connectivity index (χ2v) is 5.15. The van der Waals surface area contributed by atoms with Crippen molar-refractivity contribution in [1.82, 2.24) is 9.80 Å². The van der Waals surface area contributed by atoms with Crippen molar-refractivity contribution in [3.8, 4) is 0 Å². The fourth-order valence-electron chi connectivity index (χ4n) is 2.10. The third-order valence-corrected chi connectivity index (χ3v) is 4.05. The first-order valence-corrected chi connectivity index (χ1v) is 6.71. The van der Waals surface area contributed by atoms with Crippen molar-refractivity contribution in [2.24, 2.45) is 0 Å². The number of hydrogen-bond acceptors (Lipinski definition) is 3. The Balaban J connectivity index is 1.99. The standard InChI is InChI=1S/C10H16N2O3S/c13-9(14)8-6-16-7-12(8)10(15)11-4-2-1-3-5-11/h8H,1-7H2,(H,13,14). The van der Waals surface area contributed by atoms with Gasteiger partial charge in [0.2, 0.25) is 0 Å². The lowest BCUT2D eigenvalue weighted by Gasteiger charge is -2.32. The second kappa shape index (κ2) is 4.95. The van der Waals surface area contributed by atoms with Gasteiger partial charge in [-0.3, -0.25) is 0 Å². The van der Waals surface area contributed by atoms with Crippen molar-refractivity contribution in [2.75, 3.05) is 24.7 Å². The first kappa shape index (κ1) is 11.6. The van der Waals surface area contributed by atoms with Crippen LogP contribution in [0, 0.1) is 0 Å². The highest BCUT2D eigenvalue weighted by Crippen LogP contribution is 2.23. The van der Waals surface area contributed by atoms with Crippen LogP contribution < -0.4 is 0 Å². The van der Waals surface area contributed by atoms with Gasteiger partial charge in [0, 0.05) is 18.8 Å². The molecule has 0 aromatic carbocycles. The number of nitrogens with zero attached hydrogens (tertiary/aromatic N) is 2. The molecule has 1 N–H and O–H groups in total. The number of carbonyl (C=O) groups is 2. The molecule has 2 saturated heterocycles. The van der Waals surface area contributed by atoms with Crippen molar-refractivity contribution in [3.05, 3.63) is 0 Å². The molecule has 0 aromatic rings. The van der Waals surface area contributed by atoms with Gasteiger partial charge in [-0.2, -0.15) is 0 Å². The normalized spacial score (nSPS) is 25.9. The predicted octanol–water partition coefficient (Wildman–Crippen LogP) is 1.05. The number of carboxylic acids is 1. The van der Waals surface area contributed by atoms with Crippen LogP contribution >= 0.6 is 11.8 Å². The molecule has 2 amide bonds. The number of thioether (sulfide) groups is 1. The molecular weight excluding hydrogens is 228 g/mol. The maximum atomic E-state index is 12.1. The molecular formula is C10H16N2O3S. The van der Waals surface area contributed by atoms with Gasteiger partial charge in [-0.05, 0) is 19.3 Å². The summed E-state index contributed by atoms with van der Waals surface area (Å²) in [6.45, 7) is 1.54. The highest BCUT2D eigenvalue weighted by molar-refractivity contribution is 7.99. The summed E-state index contributed by atoms with van der Waals surface area (Å²) in [6.07, 6.45) is 3.23. The van der Waals surface area contributed by atoms with E-state index < -0.39 is 12.0 Å². The minimum absolute atomic E-state index is 0.0999. The molecule has 0 aliphatic carbocycles. The SMILES string of the molecule is O=C(O)C1CSCN1C(=O)N1CCCCC1. The number of amides is 2. The lowest BCUT2D eigenvalue weighted by Crippen LogP contribution is -2.50. The van der Waals surface area contributed by atoms with Crippen LogP contribution in [0.3, 0.4) is 0 Å². The van der Waals surface area contributed by atoms with Gasteiger partial charge in [0.15, 0.2) is 0 Å². The van der Waals surface area contributed by atoms with E-state index in [1.807, 2.05) is 0 Å². The van der Waals surface area contributed by atoms with Crippen molar-refractivity contribution in [1.29, 1.82) is 0 Å². The number of urea groups is 1. The van der Waals surface area contributed by atoms with Gasteiger partial charge >= 0.3 is 12.0 Å². The number of rotatable bonds is 1. The molecule has 0 saturated carbocycles. The highest BCUT2D eigenvalue weighted by atomic mass is 32.2. The van der Waals surface area contributed by atoms with Gasteiger partial charge in [-0.15, -0.1) is 11.8 Å². The van der Waals surface area contributed by atoms with Crippen LogP contribution in [0.5, 0.6) is 0 Å². The van der Waals surface area contributed by atoms with E-state index in [0.29, 0.717) is 11.6 Å². The molecule has 2 aliphatic heterocycles. The van der Waals surface area contributed by atoms with Gasteiger partial charge in [-0.25, -0.2) is 9.59 Å². The molecule has 2 fully saturated rings. The summed E-state index contributed by atoms with van der Waals surface area (Å²) in [4.78, 5) is 26.3. The van der Waals surface area contributed by atoms with Gasteiger partial charge in [0.1, 0.15) is 6.04 Å². The molecule has 2 rings (SSSR count). The van der Waals surface area contributed by atoms with Crippen molar-refractivity contribution >= 4 is 23.8 Å². The average molecular weight is 244 g/mol. The van der Waals surface area contributed by atoms with Crippen LogP contribution in [0.4, 0.5) is 4.79 Å². The average Bonchev–Trinajstić information content (AvgIpc) is 2.78. The summed E-state index contributed by atoms with van der Waals surface area (Å²) in [7, 11) is 0. The first-order valence-electron chi connectivity index (χ1n) is 5.56. The maximum absolute atomic E-state index is 12.1. The van der Waals surface area contributed by atoms with Gasteiger partial charge in [0.25, 0.3) is 0 Å². The Morgan fingerprint density at radius 1 is 1.19 bits per heavy atom. The zero-order valence-corrected chi connectivity index (χ0v) is 9.91. The lowest BCUT2D eigenvalue weighted by atomic mass is 10.1. The zero-order chi connectivity index (χ0) is 11.5. The maximum Gasteiger partial charge on any atom is 0.327 e. The number of carboxylic acid groups (broad SMARTS) is 1. The summed E-state index contributed by atoms with van der Waals surface area (Å²) < 4.78 is 0. The predicted molar refractivity (Wildman–Crippen MR) is 61.4 cm³/mol. The van der Waals surface area contributed by atoms with E-state index in [2.05, 4.69) is 0 Å². The van der Waals surface area contributed by atoms with E-state index in [4.69, 9.17) is 5.11 Å². The van der Waals surface area contributed by atoms with E-state index in [0.717, 1.165) is 25.9 Å². The van der Waals surface area contributed by atoms with Crippen LogP contribution in [0.1, 0.15) is 19.3 Å².